The first-order valence-electron chi connectivity index (χ1n) is 6.47. The van der Waals surface area contributed by atoms with Crippen molar-refractivity contribution >= 4 is 21.8 Å². The molecule has 0 bridgehead atoms. The highest BCUT2D eigenvalue weighted by Crippen LogP contribution is 2.08. The van der Waals surface area contributed by atoms with E-state index in [9.17, 15) is 9.59 Å². The average molecular weight is 328 g/mol. The topological polar surface area (TPSA) is 56.4 Å². The highest BCUT2D eigenvalue weighted by molar-refractivity contribution is 9.09. The summed E-state index contributed by atoms with van der Waals surface area (Å²) in [6.45, 7) is 4.39. The normalized spacial score (nSPS) is 17.2. The van der Waals surface area contributed by atoms with E-state index in [0.717, 1.165) is 44.5 Å². The molecule has 2 rings (SSSR count). The minimum atomic E-state index is -0.235. The van der Waals surface area contributed by atoms with Gasteiger partial charge >= 0.3 is 0 Å². The highest BCUT2D eigenvalue weighted by Gasteiger charge is 2.20. The van der Waals surface area contributed by atoms with E-state index in [2.05, 4.69) is 25.8 Å². The number of carbonyl (C=O) groups excluding carboxylic acids is 1. The quantitative estimate of drug-likeness (QED) is 0.840. The molecule has 0 saturated carbocycles. The van der Waals surface area contributed by atoms with Gasteiger partial charge in [-0.15, -0.1) is 0 Å². The van der Waals surface area contributed by atoms with Crippen LogP contribution in [0.5, 0.6) is 0 Å². The molecule has 1 aliphatic rings. The number of aromatic nitrogens is 1. The van der Waals surface area contributed by atoms with Crippen molar-refractivity contribution in [2.45, 2.75) is 6.42 Å². The Bertz CT molecular complexity index is 489. The van der Waals surface area contributed by atoms with Crippen LogP contribution in [-0.2, 0) is 0 Å². The molecule has 19 heavy (non-hydrogen) atoms. The van der Waals surface area contributed by atoms with E-state index in [1.165, 1.54) is 12.3 Å². The van der Waals surface area contributed by atoms with Gasteiger partial charge in [0.1, 0.15) is 0 Å². The standard InChI is InChI=1S/C13H18BrN3O2/c14-3-7-16-5-1-6-17(9-8-16)13(19)11-2-4-15-12(18)10-11/h2,4,10H,1,3,5-9H2,(H,15,18). The molecule has 1 saturated heterocycles. The summed E-state index contributed by atoms with van der Waals surface area (Å²) in [5.74, 6) is -0.0493. The third kappa shape index (κ3) is 3.91. The lowest BCUT2D eigenvalue weighted by Gasteiger charge is -2.21. The zero-order valence-electron chi connectivity index (χ0n) is 10.8. The van der Waals surface area contributed by atoms with Crippen LogP contribution in [0.25, 0.3) is 0 Å². The Balaban J connectivity index is 2.02. The van der Waals surface area contributed by atoms with E-state index in [1.54, 1.807) is 6.07 Å². The van der Waals surface area contributed by atoms with Crippen molar-refractivity contribution in [3.8, 4) is 0 Å². The molecule has 0 spiro atoms. The van der Waals surface area contributed by atoms with Crippen LogP contribution in [0.2, 0.25) is 0 Å². The monoisotopic (exact) mass is 327 g/mol. The summed E-state index contributed by atoms with van der Waals surface area (Å²) in [6.07, 6.45) is 2.49. The number of pyridine rings is 1. The van der Waals surface area contributed by atoms with Crippen LogP contribution in [0.15, 0.2) is 23.1 Å². The number of aromatic amines is 1. The van der Waals surface area contributed by atoms with Crippen LogP contribution in [0.1, 0.15) is 16.8 Å². The summed E-state index contributed by atoms with van der Waals surface area (Å²) < 4.78 is 0. The summed E-state index contributed by atoms with van der Waals surface area (Å²) in [5, 5.41) is 0.953. The Hall–Kier alpha value is -1.14. The summed E-state index contributed by atoms with van der Waals surface area (Å²) >= 11 is 3.44. The van der Waals surface area contributed by atoms with Gasteiger partial charge in [0.15, 0.2) is 0 Å². The lowest BCUT2D eigenvalue weighted by Crippen LogP contribution is -2.36. The predicted molar refractivity (Wildman–Crippen MR) is 77.8 cm³/mol. The van der Waals surface area contributed by atoms with Crippen molar-refractivity contribution in [1.29, 1.82) is 0 Å². The van der Waals surface area contributed by atoms with E-state index in [-0.39, 0.29) is 11.5 Å². The zero-order chi connectivity index (χ0) is 13.7. The molecule has 0 aromatic carbocycles. The SMILES string of the molecule is O=C(c1cc[nH]c(=O)c1)N1CCCN(CCBr)CC1. The van der Waals surface area contributed by atoms with E-state index in [0.29, 0.717) is 5.56 Å². The van der Waals surface area contributed by atoms with Gasteiger partial charge in [-0.25, -0.2) is 0 Å². The number of rotatable bonds is 3. The Morgan fingerprint density at radius 2 is 2.16 bits per heavy atom. The van der Waals surface area contributed by atoms with Gasteiger partial charge in [0, 0.05) is 49.3 Å². The van der Waals surface area contributed by atoms with Crippen LogP contribution >= 0.6 is 15.9 Å². The smallest absolute Gasteiger partial charge is 0.254 e. The zero-order valence-corrected chi connectivity index (χ0v) is 12.4. The van der Waals surface area contributed by atoms with Crippen molar-refractivity contribution in [3.05, 3.63) is 34.2 Å². The molecular formula is C13H18BrN3O2. The maximum Gasteiger partial charge on any atom is 0.254 e. The van der Waals surface area contributed by atoms with Gasteiger partial charge in [0.25, 0.3) is 5.91 Å². The molecule has 6 heteroatoms. The first-order valence-corrected chi connectivity index (χ1v) is 7.59. The summed E-state index contributed by atoms with van der Waals surface area (Å²) in [4.78, 5) is 30.3. The van der Waals surface area contributed by atoms with Crippen LogP contribution in [0.3, 0.4) is 0 Å². The fraction of sp³-hybridized carbons (Fsp3) is 0.538. The molecule has 104 valence electrons. The molecule has 2 heterocycles. The Kier molecular flexibility index (Phi) is 5.15. The van der Waals surface area contributed by atoms with Gasteiger partial charge in [0.05, 0.1) is 0 Å². The second kappa shape index (κ2) is 6.86. The molecule has 0 radical (unpaired) electrons. The second-order valence-corrected chi connectivity index (χ2v) is 5.41. The Morgan fingerprint density at radius 3 is 2.89 bits per heavy atom. The largest absolute Gasteiger partial charge is 0.337 e. The van der Waals surface area contributed by atoms with E-state index >= 15 is 0 Å². The summed E-state index contributed by atoms with van der Waals surface area (Å²) in [6, 6.07) is 3.02. The van der Waals surface area contributed by atoms with Crippen LogP contribution in [0, 0.1) is 0 Å². The van der Waals surface area contributed by atoms with Crippen molar-refractivity contribution in [1.82, 2.24) is 14.8 Å². The molecular weight excluding hydrogens is 310 g/mol. The van der Waals surface area contributed by atoms with Crippen molar-refractivity contribution in [2.75, 3.05) is 38.1 Å². The fourth-order valence-corrected chi connectivity index (χ4v) is 2.78. The number of halogens is 1. The van der Waals surface area contributed by atoms with E-state index < -0.39 is 0 Å². The maximum absolute atomic E-state index is 12.3. The molecule has 0 unspecified atom stereocenters. The Labute approximate surface area is 120 Å². The van der Waals surface area contributed by atoms with Gasteiger partial charge in [-0.2, -0.15) is 0 Å². The van der Waals surface area contributed by atoms with Gasteiger partial charge in [0.2, 0.25) is 5.56 Å². The van der Waals surface area contributed by atoms with Crippen LogP contribution in [0.4, 0.5) is 0 Å². The minimum absolute atomic E-state index is 0.0493. The molecule has 0 aliphatic carbocycles. The highest BCUT2D eigenvalue weighted by atomic mass is 79.9. The van der Waals surface area contributed by atoms with E-state index in [1.807, 2.05) is 4.90 Å². The van der Waals surface area contributed by atoms with Crippen molar-refractivity contribution < 1.29 is 4.79 Å². The maximum atomic E-state index is 12.3. The number of nitrogens with one attached hydrogen (secondary N) is 1. The number of hydrogen-bond donors (Lipinski definition) is 1. The third-order valence-electron chi connectivity index (χ3n) is 3.30. The number of H-pyrrole nitrogens is 1. The van der Waals surface area contributed by atoms with E-state index in [4.69, 9.17) is 0 Å². The molecule has 1 aliphatic heterocycles. The Morgan fingerprint density at radius 1 is 1.32 bits per heavy atom. The molecule has 0 atom stereocenters. The van der Waals surface area contributed by atoms with Crippen molar-refractivity contribution in [3.63, 3.8) is 0 Å². The predicted octanol–water partition coefficient (Wildman–Crippen LogP) is 0.918. The van der Waals surface area contributed by atoms with Crippen molar-refractivity contribution in [2.24, 2.45) is 0 Å². The van der Waals surface area contributed by atoms with Gasteiger partial charge < -0.3 is 14.8 Å². The molecule has 5 nitrogen and oxygen atoms in total. The molecule has 1 amide bonds. The lowest BCUT2D eigenvalue weighted by atomic mass is 10.2. The van der Waals surface area contributed by atoms with Crippen LogP contribution in [-0.4, -0.2) is 58.7 Å². The van der Waals surface area contributed by atoms with Gasteiger partial charge in [-0.3, -0.25) is 9.59 Å². The lowest BCUT2D eigenvalue weighted by molar-refractivity contribution is 0.0761. The average Bonchev–Trinajstić information content (AvgIpc) is 2.64. The number of nitrogens with zero attached hydrogens (tertiary/aromatic N) is 2. The first-order chi connectivity index (χ1) is 9.20. The summed E-state index contributed by atoms with van der Waals surface area (Å²) in [7, 11) is 0. The van der Waals surface area contributed by atoms with Gasteiger partial charge in [-0.05, 0) is 19.0 Å². The molecule has 1 fully saturated rings. The van der Waals surface area contributed by atoms with Crippen LogP contribution < -0.4 is 5.56 Å². The fourth-order valence-electron chi connectivity index (χ4n) is 2.28. The number of hydrogen-bond acceptors (Lipinski definition) is 3. The molecule has 1 aromatic rings. The molecule has 1 aromatic heterocycles. The number of alkyl halides is 1. The number of amides is 1. The second-order valence-electron chi connectivity index (χ2n) is 4.62. The number of carbonyl (C=O) groups is 1. The van der Waals surface area contributed by atoms with Gasteiger partial charge in [-0.1, -0.05) is 15.9 Å². The summed E-state index contributed by atoms with van der Waals surface area (Å²) in [5.41, 5.74) is 0.235. The minimum Gasteiger partial charge on any atom is -0.337 e. The molecule has 1 N–H and O–H groups in total. The third-order valence-corrected chi connectivity index (χ3v) is 3.65. The first kappa shape index (κ1) is 14.3.